The molecule has 16 heavy (non-hydrogen) atoms. The fourth-order valence-corrected chi connectivity index (χ4v) is 1.95. The third kappa shape index (κ3) is 4.97. The Hall–Kier alpha value is -0.570. The molecule has 1 saturated carbocycles. The van der Waals surface area contributed by atoms with Crippen LogP contribution in [-0.2, 0) is 4.79 Å². The van der Waals surface area contributed by atoms with Gasteiger partial charge in [-0.25, -0.2) is 0 Å². The number of carbonyl (C=O) groups is 1. The zero-order valence-electron chi connectivity index (χ0n) is 10.7. The normalized spacial score (nSPS) is 19.2. The van der Waals surface area contributed by atoms with Crippen LogP contribution in [-0.4, -0.2) is 18.0 Å². The van der Waals surface area contributed by atoms with Crippen molar-refractivity contribution < 1.29 is 4.79 Å². The fourth-order valence-electron chi connectivity index (χ4n) is 1.95. The zero-order valence-corrected chi connectivity index (χ0v) is 10.7. The molecule has 0 aliphatic heterocycles. The summed E-state index contributed by atoms with van der Waals surface area (Å²) in [5.74, 6) is 0.901. The molecular weight excluding hydrogens is 200 g/mol. The minimum Gasteiger partial charge on any atom is -0.352 e. The van der Waals surface area contributed by atoms with Gasteiger partial charge in [-0.15, -0.1) is 0 Å². The molecule has 0 saturated heterocycles. The second-order valence-electron chi connectivity index (χ2n) is 5.04. The molecule has 1 amide bonds. The van der Waals surface area contributed by atoms with Crippen LogP contribution in [0.5, 0.6) is 0 Å². The van der Waals surface area contributed by atoms with Crippen molar-refractivity contribution in [3.05, 3.63) is 0 Å². The van der Waals surface area contributed by atoms with Crippen molar-refractivity contribution in [2.45, 2.75) is 70.9 Å². The van der Waals surface area contributed by atoms with E-state index >= 15 is 0 Å². The molecule has 1 fully saturated rings. The average Bonchev–Trinajstić information content (AvgIpc) is 3.08. The topological polar surface area (TPSA) is 55.1 Å². The highest BCUT2D eigenvalue weighted by Gasteiger charge is 2.26. The van der Waals surface area contributed by atoms with E-state index in [1.165, 1.54) is 12.8 Å². The summed E-state index contributed by atoms with van der Waals surface area (Å²) in [6.45, 7) is 4.25. The van der Waals surface area contributed by atoms with Gasteiger partial charge in [-0.1, -0.05) is 39.5 Å². The Balaban J connectivity index is 2.23. The van der Waals surface area contributed by atoms with E-state index in [1.807, 2.05) is 0 Å². The van der Waals surface area contributed by atoms with Gasteiger partial charge in [0.05, 0.1) is 6.04 Å². The Labute approximate surface area is 99.2 Å². The van der Waals surface area contributed by atoms with Crippen molar-refractivity contribution in [1.82, 2.24) is 5.32 Å². The van der Waals surface area contributed by atoms with Crippen LogP contribution in [0.1, 0.15) is 58.8 Å². The Bertz CT molecular complexity index is 214. The molecule has 1 aliphatic carbocycles. The monoisotopic (exact) mass is 226 g/mol. The van der Waals surface area contributed by atoms with Crippen LogP contribution in [0.4, 0.5) is 0 Å². The van der Waals surface area contributed by atoms with Crippen LogP contribution >= 0.6 is 0 Å². The fraction of sp³-hybridized carbons (Fsp3) is 0.923. The first-order chi connectivity index (χ1) is 7.67. The van der Waals surface area contributed by atoms with Gasteiger partial charge in [0.25, 0.3) is 0 Å². The number of hydrogen-bond acceptors (Lipinski definition) is 2. The molecule has 2 atom stereocenters. The summed E-state index contributed by atoms with van der Waals surface area (Å²) >= 11 is 0. The number of nitrogens with one attached hydrogen (secondary N) is 1. The van der Waals surface area contributed by atoms with Crippen molar-refractivity contribution in [2.75, 3.05) is 0 Å². The number of carbonyl (C=O) groups excluding carboxylic acids is 1. The molecule has 1 rings (SSSR count). The maximum atomic E-state index is 11.8. The molecule has 3 nitrogen and oxygen atoms in total. The molecule has 0 aromatic heterocycles. The van der Waals surface area contributed by atoms with Gasteiger partial charge in [0.2, 0.25) is 5.91 Å². The molecule has 0 heterocycles. The van der Waals surface area contributed by atoms with Crippen LogP contribution in [0, 0.1) is 5.92 Å². The highest BCUT2D eigenvalue weighted by Crippen LogP contribution is 2.34. The van der Waals surface area contributed by atoms with Crippen molar-refractivity contribution in [2.24, 2.45) is 11.7 Å². The second-order valence-corrected chi connectivity index (χ2v) is 5.04. The van der Waals surface area contributed by atoms with Crippen LogP contribution in [0.25, 0.3) is 0 Å². The minimum absolute atomic E-state index is 0.0425. The van der Waals surface area contributed by atoms with Crippen molar-refractivity contribution in [3.8, 4) is 0 Å². The summed E-state index contributed by atoms with van der Waals surface area (Å²) in [6, 6.07) is 0.0286. The van der Waals surface area contributed by atoms with E-state index in [4.69, 9.17) is 5.73 Å². The molecule has 0 radical (unpaired) electrons. The molecular formula is C13H26N2O. The zero-order chi connectivity index (χ0) is 12.0. The average molecular weight is 226 g/mol. The first kappa shape index (κ1) is 13.5. The summed E-state index contributed by atoms with van der Waals surface area (Å²) < 4.78 is 0. The standard InChI is InChI=1S/C13H26N2O/c1-3-5-6-12(14)13(16)15-11(4-2)9-10-7-8-10/h10-12H,3-9,14H2,1-2H3,(H,15,16). The number of nitrogens with two attached hydrogens (primary N) is 1. The minimum atomic E-state index is -0.312. The summed E-state index contributed by atoms with van der Waals surface area (Å²) in [5.41, 5.74) is 5.84. The Morgan fingerprint density at radius 3 is 2.62 bits per heavy atom. The highest BCUT2D eigenvalue weighted by atomic mass is 16.2. The summed E-state index contributed by atoms with van der Waals surface area (Å²) in [4.78, 5) is 11.8. The highest BCUT2D eigenvalue weighted by molar-refractivity contribution is 5.81. The quantitative estimate of drug-likeness (QED) is 0.666. The molecule has 1 aliphatic rings. The van der Waals surface area contributed by atoms with Gasteiger partial charge < -0.3 is 11.1 Å². The van der Waals surface area contributed by atoms with E-state index in [0.717, 1.165) is 38.0 Å². The molecule has 3 N–H and O–H groups in total. The SMILES string of the molecule is CCCCC(N)C(=O)NC(CC)CC1CC1. The van der Waals surface area contributed by atoms with Gasteiger partial charge in [-0.05, 0) is 25.2 Å². The van der Waals surface area contributed by atoms with E-state index in [1.54, 1.807) is 0 Å². The van der Waals surface area contributed by atoms with Crippen molar-refractivity contribution in [1.29, 1.82) is 0 Å². The second kappa shape index (κ2) is 6.89. The van der Waals surface area contributed by atoms with E-state index in [2.05, 4.69) is 19.2 Å². The number of hydrogen-bond donors (Lipinski definition) is 2. The molecule has 0 bridgehead atoms. The largest absolute Gasteiger partial charge is 0.352 e. The van der Waals surface area contributed by atoms with Crippen LogP contribution in [0.15, 0.2) is 0 Å². The van der Waals surface area contributed by atoms with E-state index in [0.29, 0.717) is 6.04 Å². The number of unbranched alkanes of at least 4 members (excludes halogenated alkanes) is 1. The molecule has 2 unspecified atom stereocenters. The molecule has 3 heteroatoms. The molecule has 0 spiro atoms. The van der Waals surface area contributed by atoms with Gasteiger partial charge in [0.1, 0.15) is 0 Å². The molecule has 0 aromatic carbocycles. The third-order valence-corrected chi connectivity index (χ3v) is 3.36. The van der Waals surface area contributed by atoms with Gasteiger partial charge in [0, 0.05) is 6.04 Å². The van der Waals surface area contributed by atoms with Crippen molar-refractivity contribution >= 4 is 5.91 Å². The summed E-state index contributed by atoms with van der Waals surface area (Å²) in [5, 5.41) is 3.08. The molecule has 94 valence electrons. The maximum Gasteiger partial charge on any atom is 0.237 e. The third-order valence-electron chi connectivity index (χ3n) is 3.36. The lowest BCUT2D eigenvalue weighted by atomic mass is 10.1. The number of rotatable bonds is 8. The van der Waals surface area contributed by atoms with Crippen LogP contribution < -0.4 is 11.1 Å². The van der Waals surface area contributed by atoms with E-state index in [9.17, 15) is 4.79 Å². The Morgan fingerprint density at radius 1 is 1.44 bits per heavy atom. The van der Waals surface area contributed by atoms with Gasteiger partial charge in [-0.2, -0.15) is 0 Å². The van der Waals surface area contributed by atoms with Crippen molar-refractivity contribution in [3.63, 3.8) is 0 Å². The first-order valence-corrected chi connectivity index (χ1v) is 6.73. The predicted octanol–water partition coefficient (Wildman–Crippen LogP) is 2.20. The van der Waals surface area contributed by atoms with Crippen LogP contribution in [0.2, 0.25) is 0 Å². The van der Waals surface area contributed by atoms with Gasteiger partial charge in [-0.3, -0.25) is 4.79 Å². The lowest BCUT2D eigenvalue weighted by molar-refractivity contribution is -0.123. The lowest BCUT2D eigenvalue weighted by Crippen LogP contribution is -2.45. The van der Waals surface area contributed by atoms with Crippen LogP contribution in [0.3, 0.4) is 0 Å². The van der Waals surface area contributed by atoms with E-state index < -0.39 is 0 Å². The number of amides is 1. The van der Waals surface area contributed by atoms with E-state index in [-0.39, 0.29) is 11.9 Å². The predicted molar refractivity (Wildman–Crippen MR) is 67.1 cm³/mol. The van der Waals surface area contributed by atoms with Gasteiger partial charge >= 0.3 is 0 Å². The smallest absolute Gasteiger partial charge is 0.237 e. The van der Waals surface area contributed by atoms with Gasteiger partial charge in [0.15, 0.2) is 0 Å². The Kier molecular flexibility index (Phi) is 5.81. The lowest BCUT2D eigenvalue weighted by Gasteiger charge is -2.19. The molecule has 0 aromatic rings. The maximum absolute atomic E-state index is 11.8. The Morgan fingerprint density at radius 2 is 2.12 bits per heavy atom. The summed E-state index contributed by atoms with van der Waals surface area (Å²) in [7, 11) is 0. The first-order valence-electron chi connectivity index (χ1n) is 6.73. The summed E-state index contributed by atoms with van der Waals surface area (Å²) in [6.07, 6.45) is 7.78.